The van der Waals surface area contributed by atoms with Crippen molar-refractivity contribution in [1.82, 2.24) is 0 Å². The molecule has 0 saturated carbocycles. The van der Waals surface area contributed by atoms with Gasteiger partial charge < -0.3 is 4.79 Å². The molecule has 0 aromatic heterocycles. The van der Waals surface area contributed by atoms with E-state index in [1.54, 1.807) is 0 Å². The maximum Gasteiger partial charge on any atom is 0.126 e. The van der Waals surface area contributed by atoms with Gasteiger partial charge in [0.05, 0.1) is 0 Å². The summed E-state index contributed by atoms with van der Waals surface area (Å²) >= 11 is 0. The molecule has 1 rings (SSSR count). The number of hydrogen-bond donors (Lipinski definition) is 0. The molecule has 0 bridgehead atoms. The normalized spacial score (nSPS) is 11.3. The van der Waals surface area contributed by atoms with Crippen LogP contribution in [-0.2, 0) is 4.79 Å². The van der Waals surface area contributed by atoms with Crippen LogP contribution in [0.15, 0.2) is 24.3 Å². The number of Topliss-reactive ketones (excluding diaryl/α,β-unsaturated/α-hetero) is 1. The zero-order valence-corrected chi connectivity index (χ0v) is 10.5. The number of ketones is 1. The van der Waals surface area contributed by atoms with E-state index in [0.717, 1.165) is 0 Å². The summed E-state index contributed by atoms with van der Waals surface area (Å²) in [6.45, 7) is 9.68. The summed E-state index contributed by atoms with van der Waals surface area (Å²) in [5.41, 5.74) is 2.80. The molecule has 1 atom stereocenters. The second-order valence-corrected chi connectivity index (χ2v) is 4.13. The van der Waals surface area contributed by atoms with Crippen molar-refractivity contribution in [2.75, 3.05) is 0 Å². The number of aryl methyl sites for hydroxylation is 1. The summed E-state index contributed by atoms with van der Waals surface area (Å²) in [5.74, 6) is 0.871. The van der Waals surface area contributed by atoms with Crippen molar-refractivity contribution < 1.29 is 4.79 Å². The van der Waals surface area contributed by atoms with Crippen molar-refractivity contribution in [2.24, 2.45) is 0 Å². The Morgan fingerprint density at radius 3 is 1.93 bits per heavy atom. The Hall–Kier alpha value is -1.11. The molecule has 15 heavy (non-hydrogen) atoms. The molecular formula is C14H22O. The number of hydrogen-bond acceptors (Lipinski definition) is 1. The lowest BCUT2D eigenvalue weighted by molar-refractivity contribution is -0.114. The van der Waals surface area contributed by atoms with Gasteiger partial charge in [-0.3, -0.25) is 0 Å². The van der Waals surface area contributed by atoms with Gasteiger partial charge >= 0.3 is 0 Å². The Labute approximate surface area is 93.5 Å². The zero-order valence-electron chi connectivity index (χ0n) is 10.5. The smallest absolute Gasteiger partial charge is 0.126 e. The van der Waals surface area contributed by atoms with Gasteiger partial charge in [-0.2, -0.15) is 0 Å². The van der Waals surface area contributed by atoms with Crippen LogP contribution < -0.4 is 0 Å². The molecule has 0 N–H and O–H groups in total. The van der Waals surface area contributed by atoms with Gasteiger partial charge in [-0.15, -0.1) is 0 Å². The van der Waals surface area contributed by atoms with Crippen molar-refractivity contribution in [1.29, 1.82) is 0 Å². The molecule has 1 nitrogen and oxygen atoms in total. The lowest BCUT2D eigenvalue weighted by Crippen LogP contribution is -1.89. The van der Waals surface area contributed by atoms with Gasteiger partial charge in [0.25, 0.3) is 0 Å². The van der Waals surface area contributed by atoms with Crippen LogP contribution >= 0.6 is 0 Å². The van der Waals surface area contributed by atoms with Gasteiger partial charge in [-0.05, 0) is 38.7 Å². The van der Waals surface area contributed by atoms with Crippen LogP contribution in [0.25, 0.3) is 0 Å². The van der Waals surface area contributed by atoms with Crippen molar-refractivity contribution in [2.45, 2.75) is 47.0 Å². The summed E-state index contributed by atoms with van der Waals surface area (Å²) < 4.78 is 0. The fraction of sp³-hybridized carbons (Fsp3) is 0.500. The Balaban J connectivity index is 0.000000423. The monoisotopic (exact) mass is 206 g/mol. The molecule has 1 aromatic carbocycles. The van der Waals surface area contributed by atoms with Crippen LogP contribution in [0.5, 0.6) is 0 Å². The molecule has 0 aliphatic carbocycles. The van der Waals surface area contributed by atoms with Crippen molar-refractivity contribution in [3.8, 4) is 0 Å². The van der Waals surface area contributed by atoms with E-state index in [0.29, 0.717) is 5.92 Å². The minimum atomic E-state index is 0.167. The number of carbonyl (C=O) groups is 1. The third-order valence-electron chi connectivity index (χ3n) is 2.26. The maximum absolute atomic E-state index is 9.44. The third kappa shape index (κ3) is 6.89. The minimum absolute atomic E-state index is 0.167. The van der Waals surface area contributed by atoms with Crippen molar-refractivity contribution >= 4 is 5.78 Å². The standard InChI is InChI=1S/C11H16.C3H6O/c1-4-10(3)11-7-5-9(2)6-8-11;1-3(2)4/h5-8,10H,4H2,1-3H3;1-2H3. The largest absolute Gasteiger partial charge is 0.300 e. The van der Waals surface area contributed by atoms with Crippen LogP contribution in [0, 0.1) is 6.92 Å². The minimum Gasteiger partial charge on any atom is -0.300 e. The quantitative estimate of drug-likeness (QED) is 0.712. The fourth-order valence-electron chi connectivity index (χ4n) is 1.13. The first-order chi connectivity index (χ1) is 6.97. The van der Waals surface area contributed by atoms with Crippen LogP contribution in [0.2, 0.25) is 0 Å². The molecule has 1 aromatic rings. The summed E-state index contributed by atoms with van der Waals surface area (Å²) in [7, 11) is 0. The summed E-state index contributed by atoms with van der Waals surface area (Å²) in [5, 5.41) is 0. The van der Waals surface area contributed by atoms with Gasteiger partial charge in [0, 0.05) is 0 Å². The van der Waals surface area contributed by atoms with Gasteiger partial charge in [-0.25, -0.2) is 0 Å². The molecule has 0 aliphatic rings. The van der Waals surface area contributed by atoms with Crippen molar-refractivity contribution in [3.63, 3.8) is 0 Å². The topological polar surface area (TPSA) is 17.1 Å². The molecule has 1 unspecified atom stereocenters. The molecule has 0 aliphatic heterocycles. The molecule has 0 amide bonds. The van der Waals surface area contributed by atoms with Crippen molar-refractivity contribution in [3.05, 3.63) is 35.4 Å². The first-order valence-electron chi connectivity index (χ1n) is 5.51. The van der Waals surface area contributed by atoms with E-state index < -0.39 is 0 Å². The van der Waals surface area contributed by atoms with E-state index in [1.165, 1.54) is 31.4 Å². The molecule has 0 fully saturated rings. The highest BCUT2D eigenvalue weighted by atomic mass is 16.1. The first-order valence-corrected chi connectivity index (χ1v) is 5.51. The van der Waals surface area contributed by atoms with Gasteiger partial charge in [0.2, 0.25) is 0 Å². The Morgan fingerprint density at radius 1 is 1.20 bits per heavy atom. The average Bonchev–Trinajstić information content (AvgIpc) is 2.17. The average molecular weight is 206 g/mol. The van der Waals surface area contributed by atoms with E-state index >= 15 is 0 Å². The Morgan fingerprint density at radius 2 is 1.60 bits per heavy atom. The fourth-order valence-corrected chi connectivity index (χ4v) is 1.13. The van der Waals surface area contributed by atoms with Gasteiger partial charge in [-0.1, -0.05) is 43.7 Å². The zero-order chi connectivity index (χ0) is 11.8. The Kier molecular flexibility index (Phi) is 6.68. The molecule has 84 valence electrons. The SMILES string of the molecule is CC(C)=O.CCC(C)c1ccc(C)cc1. The predicted octanol–water partition coefficient (Wildman–Crippen LogP) is 4.10. The number of carbonyl (C=O) groups excluding carboxylic acids is 1. The summed E-state index contributed by atoms with van der Waals surface area (Å²) in [6.07, 6.45) is 1.23. The van der Waals surface area contributed by atoms with Crippen LogP contribution in [-0.4, -0.2) is 5.78 Å². The first kappa shape index (κ1) is 13.9. The molecule has 0 heterocycles. The van der Waals surface area contributed by atoms with E-state index in [4.69, 9.17) is 0 Å². The van der Waals surface area contributed by atoms with E-state index in [2.05, 4.69) is 45.0 Å². The lowest BCUT2D eigenvalue weighted by atomic mass is 9.98. The molecule has 0 saturated heterocycles. The lowest BCUT2D eigenvalue weighted by Gasteiger charge is -2.07. The highest BCUT2D eigenvalue weighted by Gasteiger charge is 2.00. The highest BCUT2D eigenvalue weighted by Crippen LogP contribution is 2.18. The summed E-state index contributed by atoms with van der Waals surface area (Å²) in [6, 6.07) is 8.82. The third-order valence-corrected chi connectivity index (χ3v) is 2.26. The van der Waals surface area contributed by atoms with Crippen LogP contribution in [0.3, 0.4) is 0 Å². The second-order valence-electron chi connectivity index (χ2n) is 4.13. The number of benzene rings is 1. The molecule has 1 heteroatoms. The van der Waals surface area contributed by atoms with Crippen LogP contribution in [0.4, 0.5) is 0 Å². The summed E-state index contributed by atoms with van der Waals surface area (Å²) in [4.78, 5) is 9.44. The van der Waals surface area contributed by atoms with E-state index in [-0.39, 0.29) is 5.78 Å². The van der Waals surface area contributed by atoms with E-state index in [9.17, 15) is 4.79 Å². The maximum atomic E-state index is 9.44. The highest BCUT2D eigenvalue weighted by molar-refractivity contribution is 5.72. The Bertz CT molecular complexity index is 281. The second kappa shape index (κ2) is 7.22. The number of rotatable bonds is 2. The predicted molar refractivity (Wildman–Crippen MR) is 66.2 cm³/mol. The molecule has 0 radical (unpaired) electrons. The van der Waals surface area contributed by atoms with Gasteiger partial charge in [0.1, 0.15) is 5.78 Å². The van der Waals surface area contributed by atoms with Crippen LogP contribution in [0.1, 0.15) is 51.2 Å². The van der Waals surface area contributed by atoms with E-state index in [1.807, 2.05) is 0 Å². The molecule has 0 spiro atoms. The molecular weight excluding hydrogens is 184 g/mol. The van der Waals surface area contributed by atoms with Gasteiger partial charge in [0.15, 0.2) is 0 Å².